The Morgan fingerprint density at radius 1 is 0.818 bits per heavy atom. The molecule has 0 aromatic rings. The fraction of sp³-hybridized carbons (Fsp3) is 0.944. The summed E-state index contributed by atoms with van der Waals surface area (Å²) >= 11 is 0. The number of carbonyl (C=O) groups is 1. The Morgan fingerprint density at radius 3 is 1.73 bits per heavy atom. The molecule has 22 heavy (non-hydrogen) atoms. The summed E-state index contributed by atoms with van der Waals surface area (Å²) in [7, 11) is 0. The molecular formula is C18H36O4. The Hall–Kier alpha value is -0.610. The van der Waals surface area contributed by atoms with Crippen LogP contribution in [-0.4, -0.2) is 27.6 Å². The van der Waals surface area contributed by atoms with E-state index in [-0.39, 0.29) is 5.92 Å². The normalized spacial score (nSPS) is 14.2. The third kappa shape index (κ3) is 14.3. The first kappa shape index (κ1) is 21.4. The van der Waals surface area contributed by atoms with Crippen molar-refractivity contribution in [1.82, 2.24) is 0 Å². The van der Waals surface area contributed by atoms with Crippen LogP contribution in [0.4, 0.5) is 0 Å². The van der Waals surface area contributed by atoms with Crippen molar-refractivity contribution in [2.45, 2.75) is 97.2 Å². The van der Waals surface area contributed by atoms with Crippen molar-refractivity contribution in [3.63, 3.8) is 0 Å². The Bertz CT molecular complexity index is 266. The fourth-order valence-corrected chi connectivity index (χ4v) is 2.88. The zero-order valence-electron chi connectivity index (χ0n) is 14.5. The molecule has 0 amide bonds. The van der Waals surface area contributed by atoms with Gasteiger partial charge in [0, 0.05) is 12.3 Å². The molecule has 0 saturated carbocycles. The molecule has 2 unspecified atom stereocenters. The molecule has 0 aliphatic rings. The largest absolute Gasteiger partial charge is 0.481 e. The van der Waals surface area contributed by atoms with Crippen molar-refractivity contribution in [1.29, 1.82) is 0 Å². The lowest BCUT2D eigenvalue weighted by molar-refractivity contribution is -0.137. The van der Waals surface area contributed by atoms with Crippen LogP contribution in [0.15, 0.2) is 0 Å². The summed E-state index contributed by atoms with van der Waals surface area (Å²) in [6, 6.07) is 0. The van der Waals surface area contributed by atoms with Gasteiger partial charge >= 0.3 is 5.97 Å². The van der Waals surface area contributed by atoms with Crippen molar-refractivity contribution >= 4 is 5.97 Å². The van der Waals surface area contributed by atoms with Crippen LogP contribution in [0.25, 0.3) is 0 Å². The minimum Gasteiger partial charge on any atom is -0.481 e. The zero-order chi connectivity index (χ0) is 16.8. The molecule has 0 rings (SSSR count). The van der Waals surface area contributed by atoms with Gasteiger partial charge in [0.1, 0.15) is 0 Å². The number of unbranched alkanes of at least 4 members (excludes halogenated alkanes) is 8. The van der Waals surface area contributed by atoms with E-state index in [1.807, 2.05) is 6.92 Å². The van der Waals surface area contributed by atoms with E-state index < -0.39 is 12.3 Å². The minimum atomic E-state index is -1.18. The summed E-state index contributed by atoms with van der Waals surface area (Å²) in [5.41, 5.74) is 0. The second-order valence-corrected chi connectivity index (χ2v) is 6.85. The van der Waals surface area contributed by atoms with Gasteiger partial charge in [0.15, 0.2) is 6.29 Å². The van der Waals surface area contributed by atoms with Crippen LogP contribution < -0.4 is 0 Å². The molecule has 2 atom stereocenters. The summed E-state index contributed by atoms with van der Waals surface area (Å²) in [4.78, 5) is 10.4. The van der Waals surface area contributed by atoms with Gasteiger partial charge in [0.2, 0.25) is 0 Å². The van der Waals surface area contributed by atoms with E-state index in [0.29, 0.717) is 12.3 Å². The summed E-state index contributed by atoms with van der Waals surface area (Å²) < 4.78 is 0. The highest BCUT2D eigenvalue weighted by atomic mass is 16.5. The van der Waals surface area contributed by atoms with E-state index in [1.165, 1.54) is 44.9 Å². The molecule has 3 N–H and O–H groups in total. The molecule has 0 aromatic heterocycles. The van der Waals surface area contributed by atoms with Crippen molar-refractivity contribution in [2.75, 3.05) is 0 Å². The number of aliphatic carboxylic acids is 1. The van der Waals surface area contributed by atoms with Crippen LogP contribution in [0.3, 0.4) is 0 Å². The third-order valence-corrected chi connectivity index (χ3v) is 4.37. The molecule has 4 nitrogen and oxygen atoms in total. The highest BCUT2D eigenvalue weighted by molar-refractivity contribution is 5.66. The Balaban J connectivity index is 3.24. The molecule has 0 aromatic carbocycles. The Morgan fingerprint density at radius 2 is 1.27 bits per heavy atom. The molecule has 0 aliphatic carbocycles. The molecule has 0 radical (unpaired) electrons. The van der Waals surface area contributed by atoms with E-state index in [2.05, 4.69) is 6.92 Å². The van der Waals surface area contributed by atoms with Crippen LogP contribution in [0.2, 0.25) is 0 Å². The van der Waals surface area contributed by atoms with Crippen molar-refractivity contribution in [3.05, 3.63) is 0 Å². The van der Waals surface area contributed by atoms with Gasteiger partial charge in [-0.1, -0.05) is 71.6 Å². The van der Waals surface area contributed by atoms with E-state index in [0.717, 1.165) is 25.7 Å². The Kier molecular flexibility index (Phi) is 13.6. The van der Waals surface area contributed by atoms with Crippen LogP contribution in [0.5, 0.6) is 0 Å². The topological polar surface area (TPSA) is 77.8 Å². The van der Waals surface area contributed by atoms with Crippen molar-refractivity contribution in [3.8, 4) is 0 Å². The monoisotopic (exact) mass is 316 g/mol. The highest BCUT2D eigenvalue weighted by Crippen LogP contribution is 2.20. The number of aliphatic hydroxyl groups excluding tert-OH is 1. The predicted molar refractivity (Wildman–Crippen MR) is 89.6 cm³/mol. The smallest absolute Gasteiger partial charge is 0.303 e. The molecule has 0 heterocycles. The number of carboxylic acids is 1. The number of rotatable bonds is 15. The molecule has 0 saturated heterocycles. The van der Waals surface area contributed by atoms with Gasteiger partial charge in [0.05, 0.1) is 0 Å². The first-order valence-corrected chi connectivity index (χ1v) is 9.01. The molecule has 0 spiro atoms. The van der Waals surface area contributed by atoms with Crippen molar-refractivity contribution < 1.29 is 20.1 Å². The van der Waals surface area contributed by atoms with E-state index in [1.54, 1.807) is 0 Å². The minimum absolute atomic E-state index is 0.0314. The number of hydrogen-bond donors (Lipinski definition) is 3. The SMILES string of the molecule is CC(CCCCCCCCCCCC(=O)O)CC(C)C(O)O. The van der Waals surface area contributed by atoms with E-state index in [9.17, 15) is 4.79 Å². The van der Waals surface area contributed by atoms with Gasteiger partial charge in [-0.05, 0) is 18.8 Å². The van der Waals surface area contributed by atoms with E-state index >= 15 is 0 Å². The highest BCUT2D eigenvalue weighted by Gasteiger charge is 2.14. The maximum absolute atomic E-state index is 10.4. The summed E-state index contributed by atoms with van der Waals surface area (Å²) in [5, 5.41) is 26.7. The van der Waals surface area contributed by atoms with Crippen LogP contribution >= 0.6 is 0 Å². The van der Waals surface area contributed by atoms with Gasteiger partial charge in [0.25, 0.3) is 0 Å². The lowest BCUT2D eigenvalue weighted by atomic mass is 9.92. The first-order valence-electron chi connectivity index (χ1n) is 9.01. The zero-order valence-corrected chi connectivity index (χ0v) is 14.5. The maximum Gasteiger partial charge on any atom is 0.303 e. The summed E-state index contributed by atoms with van der Waals surface area (Å²) in [6.45, 7) is 4.08. The van der Waals surface area contributed by atoms with Gasteiger partial charge in [-0.15, -0.1) is 0 Å². The fourth-order valence-electron chi connectivity index (χ4n) is 2.88. The quantitative estimate of drug-likeness (QED) is 0.310. The van der Waals surface area contributed by atoms with Crippen LogP contribution in [-0.2, 0) is 4.79 Å². The number of aliphatic hydroxyl groups is 2. The second-order valence-electron chi connectivity index (χ2n) is 6.85. The summed E-state index contributed by atoms with van der Waals surface area (Å²) in [5.74, 6) is -0.153. The average molecular weight is 316 g/mol. The van der Waals surface area contributed by atoms with Gasteiger partial charge in [-0.25, -0.2) is 0 Å². The molecule has 0 bridgehead atoms. The molecule has 132 valence electrons. The first-order chi connectivity index (χ1) is 10.4. The molecular weight excluding hydrogens is 280 g/mol. The van der Waals surface area contributed by atoms with Crippen molar-refractivity contribution in [2.24, 2.45) is 11.8 Å². The van der Waals surface area contributed by atoms with Gasteiger partial charge in [-0.2, -0.15) is 0 Å². The van der Waals surface area contributed by atoms with E-state index in [4.69, 9.17) is 15.3 Å². The molecule has 4 heteroatoms. The van der Waals surface area contributed by atoms with Gasteiger partial charge < -0.3 is 15.3 Å². The second kappa shape index (κ2) is 14.0. The van der Waals surface area contributed by atoms with Crippen LogP contribution in [0.1, 0.15) is 90.9 Å². The molecule has 0 aliphatic heterocycles. The lowest BCUT2D eigenvalue weighted by Crippen LogP contribution is -2.18. The van der Waals surface area contributed by atoms with Gasteiger partial charge in [-0.3, -0.25) is 4.79 Å². The lowest BCUT2D eigenvalue weighted by Gasteiger charge is -2.18. The standard InChI is InChI=1S/C18H36O4/c1-15(14-16(2)18(21)22)12-10-8-6-4-3-5-7-9-11-13-17(19)20/h15-16,18,21-22H,3-14H2,1-2H3,(H,19,20). The number of carboxylic acid groups (broad SMARTS) is 1. The predicted octanol–water partition coefficient (Wildman–Crippen LogP) is 4.34. The third-order valence-electron chi connectivity index (χ3n) is 4.37. The summed E-state index contributed by atoms with van der Waals surface area (Å²) in [6.07, 6.45) is 11.7. The molecule has 0 fully saturated rings. The maximum atomic E-state index is 10.4. The van der Waals surface area contributed by atoms with Crippen LogP contribution in [0, 0.1) is 11.8 Å². The average Bonchev–Trinajstić information content (AvgIpc) is 2.44. The number of hydrogen-bond acceptors (Lipinski definition) is 3. The Labute approximate surface area is 135 Å².